The van der Waals surface area contributed by atoms with Gasteiger partial charge in [0, 0.05) is 24.2 Å². The molecule has 0 spiro atoms. The summed E-state index contributed by atoms with van der Waals surface area (Å²) in [6, 6.07) is 10.4. The Labute approximate surface area is 196 Å². The number of ether oxygens (including phenoxy) is 1. The number of likely N-dealkylation sites (tertiary alicyclic amines) is 1. The largest absolute Gasteiger partial charge is 0.497 e. The third kappa shape index (κ3) is 6.05. The van der Waals surface area contributed by atoms with Crippen LogP contribution >= 0.6 is 0 Å². The molecule has 2 aromatic heterocycles. The van der Waals surface area contributed by atoms with E-state index < -0.39 is 12.1 Å². The minimum Gasteiger partial charge on any atom is -0.497 e. The van der Waals surface area contributed by atoms with Crippen LogP contribution < -0.4 is 4.74 Å². The van der Waals surface area contributed by atoms with Gasteiger partial charge in [-0.15, -0.1) is 0 Å². The molecule has 0 atom stereocenters. The second-order valence-electron chi connectivity index (χ2n) is 8.27. The number of aryl methyl sites for hydroxylation is 1. The molecule has 1 N–H and O–H groups in total. The summed E-state index contributed by atoms with van der Waals surface area (Å²) in [6.07, 6.45) is 0.384. The number of piperidine rings is 1. The molecule has 1 aliphatic heterocycles. The van der Waals surface area contributed by atoms with E-state index in [2.05, 4.69) is 46.6 Å². The Balaban J connectivity index is 0.000000406. The van der Waals surface area contributed by atoms with E-state index in [4.69, 9.17) is 19.6 Å². The van der Waals surface area contributed by atoms with Gasteiger partial charge in [0.25, 0.3) is 0 Å². The number of carboxylic acid groups (broad SMARTS) is 1. The highest BCUT2D eigenvalue weighted by molar-refractivity contribution is 5.90. The summed E-state index contributed by atoms with van der Waals surface area (Å²) in [5, 5.41) is 7.12. The number of fused-ring (bicyclic) bond motifs is 1. The van der Waals surface area contributed by atoms with Crippen LogP contribution in [0.4, 0.5) is 13.2 Å². The first kappa shape index (κ1) is 25.5. The van der Waals surface area contributed by atoms with Crippen LogP contribution in [-0.4, -0.2) is 63.4 Å². The quantitative estimate of drug-likeness (QED) is 0.564. The lowest BCUT2D eigenvalue weighted by Gasteiger charge is -2.31. The summed E-state index contributed by atoms with van der Waals surface area (Å²) in [5.41, 5.74) is 5.39. The lowest BCUT2D eigenvalue weighted by molar-refractivity contribution is -0.192. The van der Waals surface area contributed by atoms with Crippen molar-refractivity contribution in [3.05, 3.63) is 42.4 Å². The van der Waals surface area contributed by atoms with Gasteiger partial charge >= 0.3 is 12.1 Å². The molecule has 0 unspecified atom stereocenters. The number of imidazole rings is 1. The number of carboxylic acids is 1. The molecule has 1 aromatic carbocycles. The molecule has 0 saturated carbocycles. The van der Waals surface area contributed by atoms with Gasteiger partial charge < -0.3 is 19.3 Å². The van der Waals surface area contributed by atoms with Crippen LogP contribution in [-0.2, 0) is 11.8 Å². The van der Waals surface area contributed by atoms with Crippen molar-refractivity contribution in [2.24, 2.45) is 7.05 Å². The molecule has 0 amide bonds. The number of methoxy groups -OCH3 is 1. The first-order valence-corrected chi connectivity index (χ1v) is 11.1. The van der Waals surface area contributed by atoms with E-state index in [-0.39, 0.29) is 0 Å². The van der Waals surface area contributed by atoms with Crippen LogP contribution in [0.1, 0.15) is 37.8 Å². The third-order valence-corrected chi connectivity index (χ3v) is 5.88. The second kappa shape index (κ2) is 10.9. The fraction of sp³-hybridized carbons (Fsp3) is 0.458. The van der Waals surface area contributed by atoms with Gasteiger partial charge in [0.15, 0.2) is 0 Å². The van der Waals surface area contributed by atoms with Crippen LogP contribution in [0.15, 0.2) is 36.7 Å². The highest BCUT2D eigenvalue weighted by atomic mass is 19.4. The number of benzene rings is 1. The first-order valence-electron chi connectivity index (χ1n) is 11.1. The number of nitrogens with zero attached hydrogens (tertiary/aromatic N) is 4. The fourth-order valence-corrected chi connectivity index (χ4v) is 4.07. The van der Waals surface area contributed by atoms with Crippen molar-refractivity contribution in [1.29, 1.82) is 0 Å². The van der Waals surface area contributed by atoms with Gasteiger partial charge in [0.05, 0.1) is 24.6 Å². The number of pyridine rings is 1. The summed E-state index contributed by atoms with van der Waals surface area (Å²) < 4.78 is 39.1. The zero-order valence-corrected chi connectivity index (χ0v) is 19.5. The molecule has 34 heavy (non-hydrogen) atoms. The van der Waals surface area contributed by atoms with Gasteiger partial charge in [-0.2, -0.15) is 13.2 Å². The Kier molecular flexibility index (Phi) is 8.14. The number of hydrogen-bond acceptors (Lipinski definition) is 5. The average molecular weight is 479 g/mol. The topological polar surface area (TPSA) is 80.5 Å². The Hall–Kier alpha value is -3.14. The Morgan fingerprint density at radius 1 is 1.21 bits per heavy atom. The molecular weight excluding hydrogens is 449 g/mol. The predicted molar refractivity (Wildman–Crippen MR) is 123 cm³/mol. The maximum absolute atomic E-state index is 10.6. The van der Waals surface area contributed by atoms with E-state index in [9.17, 15) is 13.2 Å². The smallest absolute Gasteiger partial charge is 0.490 e. The number of rotatable bonds is 5. The van der Waals surface area contributed by atoms with Crippen molar-refractivity contribution < 1.29 is 27.8 Å². The zero-order chi connectivity index (χ0) is 24.9. The van der Waals surface area contributed by atoms with E-state index in [1.807, 2.05) is 18.5 Å². The molecule has 0 bridgehead atoms. The van der Waals surface area contributed by atoms with Gasteiger partial charge in [-0.25, -0.2) is 9.78 Å². The molecule has 1 saturated heterocycles. The summed E-state index contributed by atoms with van der Waals surface area (Å²) >= 11 is 0. The number of hydrogen-bond donors (Lipinski definition) is 1. The Morgan fingerprint density at radius 2 is 1.82 bits per heavy atom. The van der Waals surface area contributed by atoms with Gasteiger partial charge in [0.2, 0.25) is 0 Å². The fourth-order valence-electron chi connectivity index (χ4n) is 4.07. The number of aromatic nitrogens is 3. The number of carbonyl (C=O) groups is 1. The molecule has 0 aliphatic carbocycles. The maximum Gasteiger partial charge on any atom is 0.490 e. The first-order chi connectivity index (χ1) is 16.1. The lowest BCUT2D eigenvalue weighted by atomic mass is 9.92. The predicted octanol–water partition coefficient (Wildman–Crippen LogP) is 4.87. The minimum absolute atomic E-state index is 0.523. The summed E-state index contributed by atoms with van der Waals surface area (Å²) in [7, 11) is 3.75. The standard InChI is InChI=1S/C22H28N4O.C2HF3O2/c1-4-11-26-12-9-16(10-13-26)19-14-20-22(23-15-25(20)2)21(24-19)17-5-7-18(27-3)8-6-17;3-2(4,5)1(6)7/h5-8,14-16H,4,9-13H2,1-3H3;(H,6,7). The highest BCUT2D eigenvalue weighted by Gasteiger charge is 2.38. The lowest BCUT2D eigenvalue weighted by Crippen LogP contribution is -2.33. The van der Waals surface area contributed by atoms with Crippen LogP contribution in [0.2, 0.25) is 0 Å². The average Bonchev–Trinajstić information content (AvgIpc) is 3.20. The molecular formula is C24H29F3N4O3. The Morgan fingerprint density at radius 3 is 2.35 bits per heavy atom. The van der Waals surface area contributed by atoms with Crippen molar-refractivity contribution in [3.8, 4) is 17.0 Å². The van der Waals surface area contributed by atoms with Gasteiger partial charge in [-0.05, 0) is 69.2 Å². The maximum atomic E-state index is 10.6. The van der Waals surface area contributed by atoms with E-state index in [1.54, 1.807) is 7.11 Å². The third-order valence-electron chi connectivity index (χ3n) is 5.88. The van der Waals surface area contributed by atoms with Gasteiger partial charge in [0.1, 0.15) is 11.3 Å². The Bertz CT molecular complexity index is 1110. The van der Waals surface area contributed by atoms with Crippen molar-refractivity contribution in [1.82, 2.24) is 19.4 Å². The molecule has 3 aromatic rings. The van der Waals surface area contributed by atoms with Crippen molar-refractivity contribution >= 4 is 17.0 Å². The SMILES string of the molecule is CCCN1CCC(c2cc3c(ncn3C)c(-c3ccc(OC)cc3)n2)CC1.O=C(O)C(F)(F)F. The molecule has 1 fully saturated rings. The van der Waals surface area contributed by atoms with Crippen LogP contribution in [0, 0.1) is 0 Å². The van der Waals surface area contributed by atoms with E-state index in [0.717, 1.165) is 28.0 Å². The van der Waals surface area contributed by atoms with Gasteiger partial charge in [-0.1, -0.05) is 6.92 Å². The molecule has 10 heteroatoms. The van der Waals surface area contributed by atoms with Crippen molar-refractivity contribution in [3.63, 3.8) is 0 Å². The summed E-state index contributed by atoms with van der Waals surface area (Å²) in [4.78, 5) is 21.2. The molecule has 4 rings (SSSR count). The van der Waals surface area contributed by atoms with Gasteiger partial charge in [-0.3, -0.25) is 4.98 Å². The second-order valence-corrected chi connectivity index (χ2v) is 8.27. The van der Waals surface area contributed by atoms with Crippen LogP contribution in [0.3, 0.4) is 0 Å². The summed E-state index contributed by atoms with van der Waals surface area (Å²) in [6.45, 7) is 5.80. The molecule has 0 radical (unpaired) electrons. The molecule has 1 aliphatic rings. The number of alkyl halides is 3. The van der Waals surface area contributed by atoms with E-state index in [0.29, 0.717) is 5.92 Å². The number of aliphatic carboxylic acids is 1. The summed E-state index contributed by atoms with van der Waals surface area (Å²) in [5.74, 6) is -1.38. The van der Waals surface area contributed by atoms with Crippen LogP contribution in [0.5, 0.6) is 5.75 Å². The molecule has 7 nitrogen and oxygen atoms in total. The number of halogens is 3. The monoisotopic (exact) mass is 478 g/mol. The normalized spacial score (nSPS) is 15.1. The van der Waals surface area contributed by atoms with Crippen molar-refractivity contribution in [2.45, 2.75) is 38.3 Å². The van der Waals surface area contributed by atoms with Crippen molar-refractivity contribution in [2.75, 3.05) is 26.7 Å². The highest BCUT2D eigenvalue weighted by Crippen LogP contribution is 2.33. The zero-order valence-electron chi connectivity index (χ0n) is 19.5. The minimum atomic E-state index is -5.08. The van der Waals surface area contributed by atoms with E-state index in [1.165, 1.54) is 44.6 Å². The molecule has 184 valence electrons. The van der Waals surface area contributed by atoms with E-state index >= 15 is 0 Å². The van der Waals surface area contributed by atoms with Crippen LogP contribution in [0.25, 0.3) is 22.3 Å². The molecule has 3 heterocycles.